The Morgan fingerprint density at radius 1 is 1.00 bits per heavy atom. The van der Waals surface area contributed by atoms with E-state index in [1.165, 1.54) is 11.9 Å². The fraction of sp³-hybridized carbons (Fsp3) is 0.333. The van der Waals surface area contributed by atoms with Gasteiger partial charge in [-0.05, 0) is 12.1 Å². The Labute approximate surface area is 131 Å². The van der Waals surface area contributed by atoms with Crippen LogP contribution in [0.4, 0.5) is 4.79 Å². The summed E-state index contributed by atoms with van der Waals surface area (Å²) in [5.41, 5.74) is 0.579. The molecule has 5 amide bonds. The second-order valence-corrected chi connectivity index (χ2v) is 5.56. The van der Waals surface area contributed by atoms with Crippen LogP contribution in [0.3, 0.4) is 0 Å². The molecule has 1 fully saturated rings. The summed E-state index contributed by atoms with van der Waals surface area (Å²) in [5.74, 6) is -1.39. The minimum absolute atomic E-state index is 0.0431. The Bertz CT molecular complexity index is 682. The van der Waals surface area contributed by atoms with Crippen LogP contribution in [0.25, 0.3) is 0 Å². The van der Waals surface area contributed by atoms with E-state index in [9.17, 15) is 24.3 Å². The predicted octanol–water partition coefficient (Wildman–Crippen LogP) is -0.462. The predicted molar refractivity (Wildman–Crippen MR) is 77.6 cm³/mol. The van der Waals surface area contributed by atoms with Gasteiger partial charge < -0.3 is 10.0 Å². The molecule has 0 bridgehead atoms. The Morgan fingerprint density at radius 3 is 2.00 bits per heavy atom. The van der Waals surface area contributed by atoms with E-state index >= 15 is 0 Å². The van der Waals surface area contributed by atoms with E-state index in [0.717, 1.165) is 9.80 Å². The van der Waals surface area contributed by atoms with E-state index in [1.807, 2.05) is 0 Å². The Balaban J connectivity index is 1.69. The van der Waals surface area contributed by atoms with Gasteiger partial charge in [-0.1, -0.05) is 12.1 Å². The molecule has 8 nitrogen and oxygen atoms in total. The first-order valence-electron chi connectivity index (χ1n) is 7.09. The number of urea groups is 1. The summed E-state index contributed by atoms with van der Waals surface area (Å²) in [6, 6.07) is 5.90. The molecule has 0 unspecified atom stereocenters. The van der Waals surface area contributed by atoms with Crippen molar-refractivity contribution < 1.29 is 24.3 Å². The minimum atomic E-state index is -1.20. The number of fused-ring (bicyclic) bond motifs is 1. The third kappa shape index (κ3) is 2.46. The van der Waals surface area contributed by atoms with E-state index in [-0.39, 0.29) is 30.8 Å². The molecule has 1 aromatic carbocycles. The summed E-state index contributed by atoms with van der Waals surface area (Å²) in [5, 5.41) is 10.1. The van der Waals surface area contributed by atoms with Crippen LogP contribution in [0.15, 0.2) is 24.3 Å². The molecule has 0 spiro atoms. The maximum absolute atomic E-state index is 12.2. The smallest absolute Gasteiger partial charge is 0.327 e. The van der Waals surface area contributed by atoms with E-state index < -0.39 is 29.9 Å². The fourth-order valence-electron chi connectivity index (χ4n) is 2.73. The quantitative estimate of drug-likeness (QED) is 0.598. The number of carbonyl (C=O) groups is 4. The number of benzene rings is 1. The zero-order valence-electron chi connectivity index (χ0n) is 12.4. The van der Waals surface area contributed by atoms with Gasteiger partial charge in [0.2, 0.25) is 5.91 Å². The van der Waals surface area contributed by atoms with Gasteiger partial charge in [-0.2, -0.15) is 0 Å². The highest BCUT2D eigenvalue weighted by atomic mass is 16.3. The third-order valence-electron chi connectivity index (χ3n) is 3.90. The number of nitrogens with zero attached hydrogens (tertiary/aromatic N) is 3. The largest absolute Gasteiger partial charge is 0.389 e. The molecule has 120 valence electrons. The average Bonchev–Trinajstić information content (AvgIpc) is 2.90. The van der Waals surface area contributed by atoms with Crippen LogP contribution >= 0.6 is 0 Å². The number of aliphatic hydroxyl groups excluding tert-OH is 1. The van der Waals surface area contributed by atoms with Crippen LogP contribution in [0, 0.1) is 0 Å². The number of imide groups is 2. The SMILES string of the molecule is CN1CC(=O)N(C[C@H](O)CN2C(=O)c3ccccc3C2=O)C1=O. The van der Waals surface area contributed by atoms with Crippen molar-refractivity contribution in [1.82, 2.24) is 14.7 Å². The van der Waals surface area contributed by atoms with E-state index in [2.05, 4.69) is 0 Å². The fourth-order valence-corrected chi connectivity index (χ4v) is 2.73. The summed E-state index contributed by atoms with van der Waals surface area (Å²) in [4.78, 5) is 50.9. The molecule has 8 heteroatoms. The van der Waals surface area contributed by atoms with Gasteiger partial charge in [0.1, 0.15) is 6.54 Å². The molecule has 1 atom stereocenters. The zero-order valence-corrected chi connectivity index (χ0v) is 12.4. The second-order valence-electron chi connectivity index (χ2n) is 5.56. The second kappa shape index (κ2) is 5.47. The molecule has 2 aliphatic heterocycles. The summed E-state index contributed by atoms with van der Waals surface area (Å²) < 4.78 is 0. The van der Waals surface area contributed by atoms with Crippen LogP contribution in [-0.2, 0) is 4.79 Å². The highest BCUT2D eigenvalue weighted by Gasteiger charge is 2.39. The maximum Gasteiger partial charge on any atom is 0.327 e. The van der Waals surface area contributed by atoms with Crippen molar-refractivity contribution in [3.05, 3.63) is 35.4 Å². The molecule has 1 aromatic rings. The van der Waals surface area contributed by atoms with Gasteiger partial charge in [-0.15, -0.1) is 0 Å². The number of β-amino-alcohol motifs (C(OH)–C–C–N with tert-alkyl or cyclic N) is 1. The van der Waals surface area contributed by atoms with Gasteiger partial charge in [-0.25, -0.2) is 4.79 Å². The summed E-state index contributed by atoms with van der Waals surface area (Å²) in [6.45, 7) is -0.568. The van der Waals surface area contributed by atoms with Crippen molar-refractivity contribution in [1.29, 1.82) is 0 Å². The maximum atomic E-state index is 12.2. The van der Waals surface area contributed by atoms with E-state index in [1.54, 1.807) is 24.3 Å². The number of amides is 5. The molecule has 1 saturated heterocycles. The number of hydrogen-bond donors (Lipinski definition) is 1. The van der Waals surface area contributed by atoms with Gasteiger partial charge in [0.15, 0.2) is 0 Å². The lowest BCUT2D eigenvalue weighted by Gasteiger charge is -2.22. The topological polar surface area (TPSA) is 98.2 Å². The van der Waals surface area contributed by atoms with Gasteiger partial charge in [0, 0.05) is 7.05 Å². The molecule has 1 N–H and O–H groups in total. The lowest BCUT2D eigenvalue weighted by molar-refractivity contribution is -0.126. The minimum Gasteiger partial charge on any atom is -0.389 e. The molecule has 23 heavy (non-hydrogen) atoms. The first kappa shape index (κ1) is 15.2. The van der Waals surface area contributed by atoms with Crippen molar-refractivity contribution in [2.24, 2.45) is 0 Å². The number of hydrogen-bond acceptors (Lipinski definition) is 5. The Hall–Kier alpha value is -2.74. The van der Waals surface area contributed by atoms with Crippen molar-refractivity contribution in [3.63, 3.8) is 0 Å². The summed E-state index contributed by atoms with van der Waals surface area (Å²) in [6.07, 6.45) is -1.20. The van der Waals surface area contributed by atoms with Gasteiger partial charge in [0.05, 0.1) is 30.3 Å². The highest BCUT2D eigenvalue weighted by molar-refractivity contribution is 6.21. The van der Waals surface area contributed by atoms with E-state index in [0.29, 0.717) is 0 Å². The molecule has 2 aliphatic rings. The standard InChI is InChI=1S/C15H15N3O5/c1-16-8-12(20)17(15(16)23)6-9(19)7-18-13(21)10-4-2-3-5-11(10)14(18)22/h2-5,9,19H,6-8H2,1H3/t9-/m0/s1. The lowest BCUT2D eigenvalue weighted by atomic mass is 10.1. The van der Waals surface area contributed by atoms with Crippen LogP contribution in [-0.4, -0.2) is 76.3 Å². The number of carbonyl (C=O) groups excluding carboxylic acids is 4. The molecule has 0 aromatic heterocycles. The normalized spacial score (nSPS) is 19.0. The molecule has 2 heterocycles. The number of likely N-dealkylation sites (N-methyl/N-ethyl adjacent to an activating group) is 1. The average molecular weight is 317 g/mol. The molecule has 0 radical (unpaired) electrons. The molecular formula is C15H15N3O5. The Kier molecular flexibility index (Phi) is 3.61. The molecule has 0 saturated carbocycles. The van der Waals surface area contributed by atoms with Crippen molar-refractivity contribution in [3.8, 4) is 0 Å². The van der Waals surface area contributed by atoms with Crippen LogP contribution in [0.1, 0.15) is 20.7 Å². The van der Waals surface area contributed by atoms with Crippen molar-refractivity contribution in [2.75, 3.05) is 26.7 Å². The first-order valence-corrected chi connectivity index (χ1v) is 7.09. The third-order valence-corrected chi connectivity index (χ3v) is 3.90. The van der Waals surface area contributed by atoms with Crippen molar-refractivity contribution >= 4 is 23.8 Å². The van der Waals surface area contributed by atoms with Gasteiger partial charge in [0.25, 0.3) is 11.8 Å². The van der Waals surface area contributed by atoms with Crippen LogP contribution in [0.5, 0.6) is 0 Å². The lowest BCUT2D eigenvalue weighted by Crippen LogP contribution is -2.44. The van der Waals surface area contributed by atoms with Crippen molar-refractivity contribution in [2.45, 2.75) is 6.10 Å². The van der Waals surface area contributed by atoms with Crippen LogP contribution in [0.2, 0.25) is 0 Å². The molecule has 0 aliphatic carbocycles. The number of aliphatic hydroxyl groups is 1. The molecule has 3 rings (SSSR count). The van der Waals surface area contributed by atoms with Gasteiger partial charge >= 0.3 is 6.03 Å². The monoisotopic (exact) mass is 317 g/mol. The highest BCUT2D eigenvalue weighted by Crippen LogP contribution is 2.22. The number of rotatable bonds is 4. The molecular weight excluding hydrogens is 302 g/mol. The zero-order chi connectivity index (χ0) is 16.7. The summed E-state index contributed by atoms with van der Waals surface area (Å²) >= 11 is 0. The first-order chi connectivity index (χ1) is 10.9. The van der Waals surface area contributed by atoms with Gasteiger partial charge in [-0.3, -0.25) is 24.2 Å². The Morgan fingerprint density at radius 2 is 1.52 bits per heavy atom. The summed E-state index contributed by atoms with van der Waals surface area (Å²) in [7, 11) is 1.48. The van der Waals surface area contributed by atoms with E-state index in [4.69, 9.17) is 0 Å². The van der Waals surface area contributed by atoms with Crippen LogP contribution < -0.4 is 0 Å².